The highest BCUT2D eigenvalue weighted by Gasteiger charge is 2.29. The molecule has 0 saturated carbocycles. The van der Waals surface area contributed by atoms with E-state index in [1.807, 2.05) is 6.07 Å². The van der Waals surface area contributed by atoms with Crippen LogP contribution in [0.15, 0.2) is 24.3 Å². The van der Waals surface area contributed by atoms with E-state index in [1.54, 1.807) is 0 Å². The van der Waals surface area contributed by atoms with Crippen molar-refractivity contribution in [2.75, 3.05) is 0 Å². The second-order valence-electron chi connectivity index (χ2n) is 4.71. The molecule has 1 heteroatoms. The molecule has 2 unspecified atom stereocenters. The number of hydrogen-bond donors (Lipinski definition) is 1. The van der Waals surface area contributed by atoms with Gasteiger partial charge in [-0.2, -0.15) is 0 Å². The smallest absolute Gasteiger partial charge is 0.0798 e. The van der Waals surface area contributed by atoms with Gasteiger partial charge in [0.05, 0.1) is 6.10 Å². The van der Waals surface area contributed by atoms with Gasteiger partial charge in [0.25, 0.3) is 0 Å². The van der Waals surface area contributed by atoms with Crippen LogP contribution in [-0.2, 0) is 0 Å². The van der Waals surface area contributed by atoms with Gasteiger partial charge in [0.15, 0.2) is 0 Å². The topological polar surface area (TPSA) is 20.2 Å². The van der Waals surface area contributed by atoms with E-state index in [0.29, 0.717) is 11.8 Å². The average molecular weight is 190 g/mol. The van der Waals surface area contributed by atoms with Crippen LogP contribution in [0.4, 0.5) is 0 Å². The zero-order chi connectivity index (χ0) is 10.1. The summed E-state index contributed by atoms with van der Waals surface area (Å²) < 4.78 is 0. The summed E-state index contributed by atoms with van der Waals surface area (Å²) in [5, 5.41) is 9.86. The fourth-order valence-electron chi connectivity index (χ4n) is 2.50. The molecule has 1 N–H and O–H groups in total. The van der Waals surface area contributed by atoms with E-state index in [-0.39, 0.29) is 6.10 Å². The minimum absolute atomic E-state index is 0.227. The molecule has 0 bridgehead atoms. The molecular formula is C13H18O. The summed E-state index contributed by atoms with van der Waals surface area (Å²) in [4.78, 5) is 0. The predicted molar refractivity (Wildman–Crippen MR) is 58.2 cm³/mol. The molecule has 0 saturated heterocycles. The standard InChI is InChI=1S/C13H18O/c1-9(2)7-10-8-13(14)12-6-4-3-5-11(10)12/h3-6,9-10,13-14H,7-8H2,1-2H3. The second-order valence-corrected chi connectivity index (χ2v) is 4.71. The Balaban J connectivity index is 2.25. The molecule has 0 heterocycles. The molecule has 1 aromatic rings. The number of benzene rings is 1. The van der Waals surface area contributed by atoms with Gasteiger partial charge in [-0.25, -0.2) is 0 Å². The maximum atomic E-state index is 9.86. The summed E-state index contributed by atoms with van der Waals surface area (Å²) in [6.07, 6.45) is 1.88. The molecule has 1 aliphatic rings. The molecule has 1 aromatic carbocycles. The zero-order valence-corrected chi connectivity index (χ0v) is 8.90. The Kier molecular flexibility index (Phi) is 2.60. The maximum absolute atomic E-state index is 9.86. The van der Waals surface area contributed by atoms with Gasteiger partial charge < -0.3 is 5.11 Å². The third-order valence-corrected chi connectivity index (χ3v) is 3.06. The first-order chi connectivity index (χ1) is 6.68. The molecule has 2 rings (SSSR count). The van der Waals surface area contributed by atoms with Crippen molar-refractivity contribution in [3.8, 4) is 0 Å². The van der Waals surface area contributed by atoms with Crippen LogP contribution in [0.1, 0.15) is 49.8 Å². The van der Waals surface area contributed by atoms with Gasteiger partial charge in [0.1, 0.15) is 0 Å². The Bertz CT molecular complexity index is 315. The first-order valence-corrected chi connectivity index (χ1v) is 5.45. The van der Waals surface area contributed by atoms with Crippen LogP contribution in [0.25, 0.3) is 0 Å². The van der Waals surface area contributed by atoms with E-state index in [2.05, 4.69) is 32.0 Å². The summed E-state index contributed by atoms with van der Waals surface area (Å²) in [6.45, 7) is 4.49. The molecular weight excluding hydrogens is 172 g/mol. The lowest BCUT2D eigenvalue weighted by Gasteiger charge is -2.13. The molecule has 76 valence electrons. The van der Waals surface area contributed by atoms with E-state index in [1.165, 1.54) is 12.0 Å². The Morgan fingerprint density at radius 1 is 1.29 bits per heavy atom. The van der Waals surface area contributed by atoms with Gasteiger partial charge >= 0.3 is 0 Å². The van der Waals surface area contributed by atoms with Gasteiger partial charge in [-0.05, 0) is 35.8 Å². The van der Waals surface area contributed by atoms with E-state index < -0.39 is 0 Å². The highest BCUT2D eigenvalue weighted by Crippen LogP contribution is 2.42. The number of rotatable bonds is 2. The normalized spacial score (nSPS) is 25.4. The lowest BCUT2D eigenvalue weighted by atomic mass is 9.92. The quantitative estimate of drug-likeness (QED) is 0.759. The molecule has 0 spiro atoms. The van der Waals surface area contributed by atoms with Crippen LogP contribution >= 0.6 is 0 Å². The fourth-order valence-corrected chi connectivity index (χ4v) is 2.50. The van der Waals surface area contributed by atoms with Crippen molar-refractivity contribution in [3.05, 3.63) is 35.4 Å². The molecule has 2 atom stereocenters. The molecule has 0 aromatic heterocycles. The van der Waals surface area contributed by atoms with E-state index in [0.717, 1.165) is 12.0 Å². The molecule has 0 amide bonds. The van der Waals surface area contributed by atoms with Gasteiger partial charge in [0, 0.05) is 0 Å². The Hall–Kier alpha value is -0.820. The Morgan fingerprint density at radius 3 is 2.57 bits per heavy atom. The van der Waals surface area contributed by atoms with Crippen molar-refractivity contribution in [2.45, 2.75) is 38.7 Å². The summed E-state index contributed by atoms with van der Waals surface area (Å²) in [5.41, 5.74) is 2.52. The molecule has 0 fully saturated rings. The lowest BCUT2D eigenvalue weighted by molar-refractivity contribution is 0.170. The third kappa shape index (κ3) is 1.69. The Morgan fingerprint density at radius 2 is 1.93 bits per heavy atom. The summed E-state index contributed by atoms with van der Waals surface area (Å²) in [5.74, 6) is 1.28. The van der Waals surface area contributed by atoms with Crippen molar-refractivity contribution in [3.63, 3.8) is 0 Å². The van der Waals surface area contributed by atoms with Gasteiger partial charge in [0.2, 0.25) is 0 Å². The molecule has 0 radical (unpaired) electrons. The highest BCUT2D eigenvalue weighted by atomic mass is 16.3. The molecule has 0 aliphatic heterocycles. The first kappa shape index (κ1) is 9.72. The number of aliphatic hydroxyl groups excluding tert-OH is 1. The van der Waals surface area contributed by atoms with Crippen LogP contribution in [0, 0.1) is 5.92 Å². The van der Waals surface area contributed by atoms with Crippen LogP contribution < -0.4 is 0 Å². The third-order valence-electron chi connectivity index (χ3n) is 3.06. The summed E-state index contributed by atoms with van der Waals surface area (Å²) in [6, 6.07) is 8.31. The summed E-state index contributed by atoms with van der Waals surface area (Å²) in [7, 11) is 0. The maximum Gasteiger partial charge on any atom is 0.0798 e. The van der Waals surface area contributed by atoms with Gasteiger partial charge in [-0.15, -0.1) is 0 Å². The largest absolute Gasteiger partial charge is 0.388 e. The second kappa shape index (κ2) is 3.74. The van der Waals surface area contributed by atoms with Gasteiger partial charge in [-0.3, -0.25) is 0 Å². The predicted octanol–water partition coefficient (Wildman–Crippen LogP) is 3.25. The number of fused-ring (bicyclic) bond motifs is 1. The van der Waals surface area contributed by atoms with Crippen LogP contribution in [0.5, 0.6) is 0 Å². The molecule has 1 aliphatic carbocycles. The number of hydrogen-bond acceptors (Lipinski definition) is 1. The van der Waals surface area contributed by atoms with Crippen molar-refractivity contribution in [1.82, 2.24) is 0 Å². The highest BCUT2D eigenvalue weighted by molar-refractivity contribution is 5.36. The van der Waals surface area contributed by atoms with Crippen LogP contribution in [0.2, 0.25) is 0 Å². The van der Waals surface area contributed by atoms with Crippen molar-refractivity contribution in [2.24, 2.45) is 5.92 Å². The minimum Gasteiger partial charge on any atom is -0.388 e. The lowest BCUT2D eigenvalue weighted by Crippen LogP contribution is -1.99. The number of aliphatic hydroxyl groups is 1. The molecule has 14 heavy (non-hydrogen) atoms. The van der Waals surface area contributed by atoms with Crippen molar-refractivity contribution >= 4 is 0 Å². The van der Waals surface area contributed by atoms with Crippen LogP contribution in [-0.4, -0.2) is 5.11 Å². The summed E-state index contributed by atoms with van der Waals surface area (Å²) >= 11 is 0. The fraction of sp³-hybridized carbons (Fsp3) is 0.538. The van der Waals surface area contributed by atoms with E-state index >= 15 is 0 Å². The van der Waals surface area contributed by atoms with E-state index in [9.17, 15) is 5.11 Å². The molecule has 1 nitrogen and oxygen atoms in total. The average Bonchev–Trinajstić information content (AvgIpc) is 2.44. The van der Waals surface area contributed by atoms with Crippen molar-refractivity contribution < 1.29 is 5.11 Å². The van der Waals surface area contributed by atoms with Crippen molar-refractivity contribution in [1.29, 1.82) is 0 Å². The minimum atomic E-state index is -0.227. The zero-order valence-electron chi connectivity index (χ0n) is 8.90. The van der Waals surface area contributed by atoms with Crippen LogP contribution in [0.3, 0.4) is 0 Å². The monoisotopic (exact) mass is 190 g/mol. The first-order valence-electron chi connectivity index (χ1n) is 5.45. The SMILES string of the molecule is CC(C)CC1CC(O)c2ccccc21. The van der Waals surface area contributed by atoms with Gasteiger partial charge in [-0.1, -0.05) is 38.1 Å². The Labute approximate surface area is 85.8 Å². The van der Waals surface area contributed by atoms with E-state index in [4.69, 9.17) is 0 Å².